The summed E-state index contributed by atoms with van der Waals surface area (Å²) in [5.41, 5.74) is 0.142. The summed E-state index contributed by atoms with van der Waals surface area (Å²) in [6.45, 7) is 3.17. The van der Waals surface area contributed by atoms with E-state index < -0.39 is 11.6 Å². The Balaban J connectivity index is 2.60. The van der Waals surface area contributed by atoms with Crippen LogP contribution in [0, 0.1) is 11.6 Å². The number of nitrogens with one attached hydrogen (secondary N) is 1. The number of rotatable bonds is 7. The molecule has 2 nitrogen and oxygen atoms in total. The molecule has 17 heavy (non-hydrogen) atoms. The van der Waals surface area contributed by atoms with Crippen molar-refractivity contribution in [3.8, 4) is 0 Å². The summed E-state index contributed by atoms with van der Waals surface area (Å²) in [6.07, 6.45) is 1.07. The molecule has 0 bridgehead atoms. The number of ether oxygens (including phenoxy) is 1. The molecule has 0 saturated heterocycles. The summed E-state index contributed by atoms with van der Waals surface area (Å²) < 4.78 is 32.1. The highest BCUT2D eigenvalue weighted by molar-refractivity contribution is 5.20. The maximum atomic E-state index is 13.4. The maximum absolute atomic E-state index is 13.4. The lowest BCUT2D eigenvalue weighted by molar-refractivity contribution is 0.137. The standard InChI is InChI=1S/C13H19F2NO/c1-3-17-8-7-10(16-2)9-11-12(14)5-4-6-13(11)15/h4-6,10,16H,3,7-9H2,1-2H3. The minimum Gasteiger partial charge on any atom is -0.382 e. The van der Waals surface area contributed by atoms with E-state index >= 15 is 0 Å². The molecule has 0 fully saturated rings. The first-order chi connectivity index (χ1) is 8.19. The fraction of sp³-hybridized carbons (Fsp3) is 0.538. The maximum Gasteiger partial charge on any atom is 0.129 e. The van der Waals surface area contributed by atoms with Gasteiger partial charge in [-0.25, -0.2) is 8.78 Å². The van der Waals surface area contributed by atoms with Crippen LogP contribution in [0.5, 0.6) is 0 Å². The van der Waals surface area contributed by atoms with E-state index in [2.05, 4.69) is 5.32 Å². The van der Waals surface area contributed by atoms with Crippen molar-refractivity contribution in [3.63, 3.8) is 0 Å². The molecule has 0 aliphatic rings. The van der Waals surface area contributed by atoms with Crippen LogP contribution in [0.1, 0.15) is 18.9 Å². The summed E-state index contributed by atoms with van der Waals surface area (Å²) in [6, 6.07) is 3.97. The monoisotopic (exact) mass is 243 g/mol. The fourth-order valence-corrected chi connectivity index (χ4v) is 1.69. The molecule has 0 aliphatic heterocycles. The lowest BCUT2D eigenvalue weighted by atomic mass is 10.0. The number of halogens is 2. The Kier molecular flexibility index (Phi) is 6.08. The van der Waals surface area contributed by atoms with Crippen LogP contribution in [0.4, 0.5) is 8.78 Å². The molecule has 96 valence electrons. The molecule has 0 radical (unpaired) electrons. The third-order valence-corrected chi connectivity index (χ3v) is 2.74. The van der Waals surface area contributed by atoms with Crippen molar-refractivity contribution in [1.82, 2.24) is 5.32 Å². The molecule has 0 heterocycles. The van der Waals surface area contributed by atoms with Gasteiger partial charge in [-0.3, -0.25) is 0 Å². The minimum atomic E-state index is -0.485. The SMILES string of the molecule is CCOCCC(Cc1c(F)cccc1F)NC. The van der Waals surface area contributed by atoms with Crippen LogP contribution in [0.25, 0.3) is 0 Å². The van der Waals surface area contributed by atoms with Gasteiger partial charge in [-0.15, -0.1) is 0 Å². The first kappa shape index (κ1) is 14.1. The second-order valence-corrected chi connectivity index (χ2v) is 3.88. The Bertz CT molecular complexity index is 324. The summed E-state index contributed by atoms with van der Waals surface area (Å²) in [5, 5.41) is 3.05. The molecule has 1 atom stereocenters. The number of hydrogen-bond acceptors (Lipinski definition) is 2. The summed E-state index contributed by atoms with van der Waals surface area (Å²) in [5.74, 6) is -0.969. The third-order valence-electron chi connectivity index (χ3n) is 2.74. The van der Waals surface area contributed by atoms with Crippen LogP contribution in [0.2, 0.25) is 0 Å². The third kappa shape index (κ3) is 4.40. The van der Waals surface area contributed by atoms with Gasteiger partial charge >= 0.3 is 0 Å². The van der Waals surface area contributed by atoms with Gasteiger partial charge < -0.3 is 10.1 Å². The first-order valence-corrected chi connectivity index (χ1v) is 5.87. The first-order valence-electron chi connectivity index (χ1n) is 5.87. The van der Waals surface area contributed by atoms with E-state index in [1.165, 1.54) is 18.2 Å². The van der Waals surface area contributed by atoms with Crippen molar-refractivity contribution < 1.29 is 13.5 Å². The zero-order valence-corrected chi connectivity index (χ0v) is 10.3. The predicted molar refractivity (Wildman–Crippen MR) is 64.0 cm³/mol. The van der Waals surface area contributed by atoms with E-state index in [4.69, 9.17) is 4.74 Å². The second kappa shape index (κ2) is 7.35. The Morgan fingerprint density at radius 3 is 2.47 bits per heavy atom. The Hall–Kier alpha value is -1.00. The molecule has 1 aromatic carbocycles. The number of hydrogen-bond donors (Lipinski definition) is 1. The highest BCUT2D eigenvalue weighted by Gasteiger charge is 2.14. The fourth-order valence-electron chi connectivity index (χ4n) is 1.69. The number of benzene rings is 1. The van der Waals surface area contributed by atoms with Gasteiger partial charge in [0.25, 0.3) is 0 Å². The molecule has 0 amide bonds. The molecular formula is C13H19F2NO. The molecule has 1 rings (SSSR count). The molecule has 0 saturated carbocycles. The zero-order chi connectivity index (χ0) is 12.7. The number of likely N-dealkylation sites (N-methyl/N-ethyl adjacent to an activating group) is 1. The quantitative estimate of drug-likeness (QED) is 0.743. The smallest absolute Gasteiger partial charge is 0.129 e. The van der Waals surface area contributed by atoms with Gasteiger partial charge in [-0.1, -0.05) is 6.07 Å². The molecular weight excluding hydrogens is 224 g/mol. The summed E-state index contributed by atoms with van der Waals surface area (Å²) >= 11 is 0. The minimum absolute atomic E-state index is 0.0212. The van der Waals surface area contributed by atoms with Crippen LogP contribution in [-0.4, -0.2) is 26.3 Å². The van der Waals surface area contributed by atoms with Crippen molar-refractivity contribution in [3.05, 3.63) is 35.4 Å². The molecule has 4 heteroatoms. The van der Waals surface area contributed by atoms with Crippen molar-refractivity contribution >= 4 is 0 Å². The molecule has 1 unspecified atom stereocenters. The van der Waals surface area contributed by atoms with E-state index in [0.29, 0.717) is 19.6 Å². The largest absolute Gasteiger partial charge is 0.382 e. The molecule has 0 aromatic heterocycles. The molecule has 1 aromatic rings. The predicted octanol–water partition coefficient (Wildman–Crippen LogP) is 2.52. The topological polar surface area (TPSA) is 21.3 Å². The Labute approximate surface area is 101 Å². The highest BCUT2D eigenvalue weighted by atomic mass is 19.1. The van der Waals surface area contributed by atoms with E-state index in [1.54, 1.807) is 7.05 Å². The van der Waals surface area contributed by atoms with Gasteiger partial charge in [-0.2, -0.15) is 0 Å². The van der Waals surface area contributed by atoms with Crippen molar-refractivity contribution in [2.45, 2.75) is 25.8 Å². The summed E-state index contributed by atoms with van der Waals surface area (Å²) in [7, 11) is 1.79. The lowest BCUT2D eigenvalue weighted by Gasteiger charge is -2.16. The van der Waals surface area contributed by atoms with Crippen LogP contribution >= 0.6 is 0 Å². The summed E-state index contributed by atoms with van der Waals surface area (Å²) in [4.78, 5) is 0. The highest BCUT2D eigenvalue weighted by Crippen LogP contribution is 2.15. The lowest BCUT2D eigenvalue weighted by Crippen LogP contribution is -2.29. The van der Waals surface area contributed by atoms with E-state index in [9.17, 15) is 8.78 Å². The second-order valence-electron chi connectivity index (χ2n) is 3.88. The van der Waals surface area contributed by atoms with Crippen LogP contribution in [-0.2, 0) is 11.2 Å². The average molecular weight is 243 g/mol. The van der Waals surface area contributed by atoms with Crippen LogP contribution in [0.3, 0.4) is 0 Å². The van der Waals surface area contributed by atoms with Gasteiger partial charge in [-0.05, 0) is 38.9 Å². The van der Waals surface area contributed by atoms with E-state index in [1.807, 2.05) is 6.92 Å². The molecule has 0 spiro atoms. The zero-order valence-electron chi connectivity index (χ0n) is 10.3. The van der Waals surface area contributed by atoms with Crippen molar-refractivity contribution in [2.75, 3.05) is 20.3 Å². The van der Waals surface area contributed by atoms with Gasteiger partial charge in [0.05, 0.1) is 0 Å². The van der Waals surface area contributed by atoms with E-state index in [0.717, 1.165) is 6.42 Å². The van der Waals surface area contributed by atoms with Crippen LogP contribution < -0.4 is 5.32 Å². The van der Waals surface area contributed by atoms with Gasteiger partial charge in [0.2, 0.25) is 0 Å². The van der Waals surface area contributed by atoms with Gasteiger partial charge in [0.1, 0.15) is 11.6 Å². The van der Waals surface area contributed by atoms with Gasteiger partial charge in [0, 0.05) is 24.8 Å². The van der Waals surface area contributed by atoms with Crippen LogP contribution in [0.15, 0.2) is 18.2 Å². The van der Waals surface area contributed by atoms with Gasteiger partial charge in [0.15, 0.2) is 0 Å². The normalized spacial score (nSPS) is 12.7. The molecule has 0 aliphatic carbocycles. The Morgan fingerprint density at radius 1 is 1.29 bits per heavy atom. The Morgan fingerprint density at radius 2 is 1.94 bits per heavy atom. The average Bonchev–Trinajstić information content (AvgIpc) is 2.32. The van der Waals surface area contributed by atoms with Crippen molar-refractivity contribution in [2.24, 2.45) is 0 Å². The molecule has 1 N–H and O–H groups in total. The van der Waals surface area contributed by atoms with E-state index in [-0.39, 0.29) is 11.6 Å². The van der Waals surface area contributed by atoms with Crippen molar-refractivity contribution in [1.29, 1.82) is 0 Å².